The van der Waals surface area contributed by atoms with E-state index >= 15 is 0 Å². The average molecular weight is 138 g/mol. The summed E-state index contributed by atoms with van der Waals surface area (Å²) < 4.78 is 5.61. The van der Waals surface area contributed by atoms with Crippen LogP contribution in [-0.4, -0.2) is 11.7 Å². The zero-order chi connectivity index (χ0) is 7.61. The van der Waals surface area contributed by atoms with Crippen molar-refractivity contribution in [3.63, 3.8) is 0 Å². The third-order valence-electron chi connectivity index (χ3n) is 2.04. The van der Waals surface area contributed by atoms with Gasteiger partial charge < -0.3 is 4.74 Å². The molecule has 1 heteroatoms. The summed E-state index contributed by atoms with van der Waals surface area (Å²) >= 11 is 0. The highest BCUT2D eigenvalue weighted by molar-refractivity contribution is 5.01. The number of ether oxygens (including phenoxy) is 1. The van der Waals surface area contributed by atoms with Crippen LogP contribution in [0.1, 0.15) is 19.8 Å². The molecule has 1 fully saturated rings. The Balaban J connectivity index is 2.56. The van der Waals surface area contributed by atoms with Crippen molar-refractivity contribution in [1.82, 2.24) is 0 Å². The Morgan fingerprint density at radius 1 is 1.60 bits per heavy atom. The lowest BCUT2D eigenvalue weighted by Crippen LogP contribution is -2.20. The fraction of sp³-hybridized carbons (Fsp3) is 0.556. The van der Waals surface area contributed by atoms with Gasteiger partial charge in [0.05, 0.1) is 11.7 Å². The Hall–Kier alpha value is -0.560. The number of hydrogen-bond acceptors (Lipinski definition) is 1. The fourth-order valence-corrected chi connectivity index (χ4v) is 1.21. The van der Waals surface area contributed by atoms with Gasteiger partial charge >= 0.3 is 0 Å². The number of rotatable bonds is 2. The van der Waals surface area contributed by atoms with Crippen molar-refractivity contribution in [3.8, 4) is 0 Å². The molecular formula is C9H14O. The van der Waals surface area contributed by atoms with Crippen LogP contribution in [0.15, 0.2) is 25.3 Å². The smallest absolute Gasteiger partial charge is 0.0840 e. The Morgan fingerprint density at radius 3 is 2.60 bits per heavy atom. The minimum absolute atomic E-state index is 0.0984. The van der Waals surface area contributed by atoms with Gasteiger partial charge in [-0.05, 0) is 19.8 Å². The second kappa shape index (κ2) is 2.59. The molecule has 0 spiro atoms. The van der Waals surface area contributed by atoms with Gasteiger partial charge in [-0.25, -0.2) is 0 Å². The third kappa shape index (κ3) is 1.29. The van der Waals surface area contributed by atoms with E-state index in [1.165, 1.54) is 0 Å². The first-order chi connectivity index (χ1) is 4.70. The van der Waals surface area contributed by atoms with Gasteiger partial charge in [0.15, 0.2) is 0 Å². The first-order valence-electron chi connectivity index (χ1n) is 3.64. The van der Waals surface area contributed by atoms with Crippen molar-refractivity contribution in [2.75, 3.05) is 0 Å². The van der Waals surface area contributed by atoms with Crippen molar-refractivity contribution in [2.45, 2.75) is 31.5 Å². The van der Waals surface area contributed by atoms with E-state index in [-0.39, 0.29) is 11.7 Å². The van der Waals surface area contributed by atoms with E-state index in [2.05, 4.69) is 20.1 Å². The van der Waals surface area contributed by atoms with Gasteiger partial charge in [-0.2, -0.15) is 0 Å². The lowest BCUT2D eigenvalue weighted by molar-refractivity contribution is 0.0275. The van der Waals surface area contributed by atoms with E-state index in [0.717, 1.165) is 12.8 Å². The molecule has 0 aromatic heterocycles. The Kier molecular flexibility index (Phi) is 1.95. The SMILES string of the molecule is C=CC1CCC(C)(C=C)O1. The Morgan fingerprint density at radius 2 is 2.30 bits per heavy atom. The van der Waals surface area contributed by atoms with Crippen LogP contribution in [0.3, 0.4) is 0 Å². The van der Waals surface area contributed by atoms with Gasteiger partial charge in [-0.15, -0.1) is 13.2 Å². The summed E-state index contributed by atoms with van der Waals surface area (Å²) in [7, 11) is 0. The molecule has 0 bridgehead atoms. The summed E-state index contributed by atoms with van der Waals surface area (Å²) in [4.78, 5) is 0. The monoisotopic (exact) mass is 138 g/mol. The molecular weight excluding hydrogens is 124 g/mol. The van der Waals surface area contributed by atoms with E-state index in [9.17, 15) is 0 Å². The van der Waals surface area contributed by atoms with E-state index in [1.807, 2.05) is 12.2 Å². The summed E-state index contributed by atoms with van der Waals surface area (Å²) in [5.74, 6) is 0. The lowest BCUT2D eigenvalue weighted by atomic mass is 10.0. The summed E-state index contributed by atoms with van der Waals surface area (Å²) in [6.45, 7) is 9.47. The molecule has 1 rings (SSSR count). The molecule has 1 heterocycles. The summed E-state index contributed by atoms with van der Waals surface area (Å²) in [5, 5.41) is 0. The molecule has 0 N–H and O–H groups in total. The van der Waals surface area contributed by atoms with Crippen LogP contribution in [0.5, 0.6) is 0 Å². The van der Waals surface area contributed by atoms with Gasteiger partial charge in [-0.1, -0.05) is 12.2 Å². The maximum absolute atomic E-state index is 5.61. The minimum atomic E-state index is -0.0984. The molecule has 10 heavy (non-hydrogen) atoms. The van der Waals surface area contributed by atoms with Gasteiger partial charge in [0.1, 0.15) is 0 Å². The summed E-state index contributed by atoms with van der Waals surface area (Å²) in [6, 6.07) is 0. The average Bonchev–Trinajstić information content (AvgIpc) is 2.33. The molecule has 1 nitrogen and oxygen atoms in total. The third-order valence-corrected chi connectivity index (χ3v) is 2.04. The molecule has 1 aliphatic rings. The standard InChI is InChI=1S/C9H14O/c1-4-8-6-7-9(3,5-2)10-8/h4-5,8H,1-2,6-7H2,3H3. The molecule has 0 aromatic carbocycles. The van der Waals surface area contributed by atoms with Crippen LogP contribution in [0.4, 0.5) is 0 Å². The van der Waals surface area contributed by atoms with Crippen molar-refractivity contribution >= 4 is 0 Å². The first-order valence-corrected chi connectivity index (χ1v) is 3.64. The van der Waals surface area contributed by atoms with E-state index < -0.39 is 0 Å². The van der Waals surface area contributed by atoms with E-state index in [1.54, 1.807) is 0 Å². The molecule has 0 aromatic rings. The van der Waals surface area contributed by atoms with E-state index in [4.69, 9.17) is 4.74 Å². The van der Waals surface area contributed by atoms with Crippen molar-refractivity contribution in [3.05, 3.63) is 25.3 Å². The van der Waals surface area contributed by atoms with Crippen LogP contribution >= 0.6 is 0 Å². The molecule has 1 saturated heterocycles. The highest BCUT2D eigenvalue weighted by atomic mass is 16.5. The molecule has 56 valence electrons. The van der Waals surface area contributed by atoms with E-state index in [0.29, 0.717) is 0 Å². The predicted molar refractivity (Wildman–Crippen MR) is 42.9 cm³/mol. The molecule has 0 saturated carbocycles. The fourth-order valence-electron chi connectivity index (χ4n) is 1.21. The first kappa shape index (κ1) is 7.55. The largest absolute Gasteiger partial charge is 0.364 e. The maximum atomic E-state index is 5.61. The normalized spacial score (nSPS) is 39.5. The van der Waals surface area contributed by atoms with Crippen LogP contribution in [0.2, 0.25) is 0 Å². The highest BCUT2D eigenvalue weighted by Gasteiger charge is 2.31. The van der Waals surface area contributed by atoms with Gasteiger partial charge in [0, 0.05) is 0 Å². The predicted octanol–water partition coefficient (Wildman–Crippen LogP) is 2.30. The Labute approximate surface area is 62.4 Å². The molecule has 2 unspecified atom stereocenters. The zero-order valence-corrected chi connectivity index (χ0v) is 6.47. The summed E-state index contributed by atoms with van der Waals surface area (Å²) in [6.07, 6.45) is 6.10. The molecule has 0 radical (unpaired) electrons. The van der Waals surface area contributed by atoms with Gasteiger partial charge in [0.2, 0.25) is 0 Å². The number of hydrogen-bond donors (Lipinski definition) is 0. The minimum Gasteiger partial charge on any atom is -0.364 e. The molecule has 1 aliphatic heterocycles. The van der Waals surface area contributed by atoms with Crippen LogP contribution in [0.25, 0.3) is 0 Å². The molecule has 0 aliphatic carbocycles. The van der Waals surface area contributed by atoms with Crippen molar-refractivity contribution < 1.29 is 4.74 Å². The van der Waals surface area contributed by atoms with Gasteiger partial charge in [0.25, 0.3) is 0 Å². The zero-order valence-electron chi connectivity index (χ0n) is 6.47. The Bertz CT molecular complexity index is 151. The lowest BCUT2D eigenvalue weighted by Gasteiger charge is -2.18. The second-order valence-corrected chi connectivity index (χ2v) is 2.95. The maximum Gasteiger partial charge on any atom is 0.0840 e. The highest BCUT2D eigenvalue weighted by Crippen LogP contribution is 2.30. The molecule has 2 atom stereocenters. The van der Waals surface area contributed by atoms with Crippen LogP contribution < -0.4 is 0 Å². The van der Waals surface area contributed by atoms with Crippen LogP contribution in [0, 0.1) is 0 Å². The topological polar surface area (TPSA) is 9.23 Å². The quantitative estimate of drug-likeness (QED) is 0.532. The molecule has 0 amide bonds. The van der Waals surface area contributed by atoms with Crippen molar-refractivity contribution in [2.24, 2.45) is 0 Å². The summed E-state index contributed by atoms with van der Waals surface area (Å²) in [5.41, 5.74) is -0.0984. The van der Waals surface area contributed by atoms with Crippen LogP contribution in [-0.2, 0) is 4.74 Å². The second-order valence-electron chi connectivity index (χ2n) is 2.95. The van der Waals surface area contributed by atoms with Crippen molar-refractivity contribution in [1.29, 1.82) is 0 Å². The van der Waals surface area contributed by atoms with Gasteiger partial charge in [-0.3, -0.25) is 0 Å².